The molecule has 1 aromatic rings. The summed E-state index contributed by atoms with van der Waals surface area (Å²) in [6.07, 6.45) is 1.54. The second kappa shape index (κ2) is 5.07. The molecule has 11 heavy (non-hydrogen) atoms. The molecule has 1 nitrogen and oxygen atoms in total. The average molecular weight is 139 g/mol. The van der Waals surface area contributed by atoms with E-state index >= 15 is 0 Å². The van der Waals surface area contributed by atoms with Crippen molar-refractivity contribution < 1.29 is 18.9 Å². The number of para-hydroxylation sites is 1. The number of anilines is 1. The molecule has 0 saturated heterocycles. The van der Waals surface area contributed by atoms with Crippen LogP contribution < -0.4 is 23.8 Å². The van der Waals surface area contributed by atoms with Crippen molar-refractivity contribution in [1.29, 1.82) is 0 Å². The van der Waals surface area contributed by atoms with Crippen molar-refractivity contribution in [2.24, 2.45) is 0 Å². The molecule has 0 heterocycles. The number of nitrogens with zero attached hydrogens (tertiary/aromatic N) is 1. The Hall–Kier alpha value is -0.643. The van der Waals surface area contributed by atoms with Gasteiger partial charge in [0.15, 0.2) is 0 Å². The van der Waals surface area contributed by atoms with Gasteiger partial charge in [-0.1, -0.05) is 18.2 Å². The van der Waals surface area contributed by atoms with Gasteiger partial charge < -0.3 is 11.5 Å². The summed E-state index contributed by atoms with van der Waals surface area (Å²) in [7, 11) is 1.91. The third-order valence-electron chi connectivity index (χ3n) is 1.39. The molecule has 0 saturated carbocycles. The summed E-state index contributed by atoms with van der Waals surface area (Å²) in [5.74, 6) is 0. The van der Waals surface area contributed by atoms with E-state index < -0.39 is 0 Å². The van der Waals surface area contributed by atoms with E-state index in [1.54, 1.807) is 0 Å². The Morgan fingerprint density at radius 1 is 1.27 bits per heavy atom. The summed E-state index contributed by atoms with van der Waals surface area (Å²) in [6, 6.07) is 9.95. The SMILES string of the molecule is [CH-]=CN(C)c1ccccc1.[Li+]. The molecule has 52 valence electrons. The molecule has 0 N–H and O–H groups in total. The first kappa shape index (κ1) is 10.4. The average Bonchev–Trinajstić information content (AvgIpc) is 2.05. The van der Waals surface area contributed by atoms with Gasteiger partial charge in [0.1, 0.15) is 0 Å². The zero-order valence-electron chi connectivity index (χ0n) is 6.99. The first-order valence-electron chi connectivity index (χ1n) is 3.17. The largest absolute Gasteiger partial charge is 1.00 e. The monoisotopic (exact) mass is 139 g/mol. The molecule has 0 aliphatic rings. The molecule has 1 rings (SSSR count). The fraction of sp³-hybridized carbons (Fsp3) is 0.111. The van der Waals surface area contributed by atoms with Gasteiger partial charge in [-0.25, -0.2) is 0 Å². The van der Waals surface area contributed by atoms with Gasteiger partial charge in [-0.05, 0) is 12.1 Å². The molecule has 0 fully saturated rings. The summed E-state index contributed by atoms with van der Waals surface area (Å²) in [5.41, 5.74) is 1.10. The maximum atomic E-state index is 5.30. The van der Waals surface area contributed by atoms with Crippen LogP contribution in [-0.2, 0) is 0 Å². The van der Waals surface area contributed by atoms with Crippen LogP contribution in [0.2, 0.25) is 0 Å². The van der Waals surface area contributed by atoms with Crippen LogP contribution in [0.4, 0.5) is 5.69 Å². The summed E-state index contributed by atoms with van der Waals surface area (Å²) >= 11 is 0. The smallest absolute Gasteiger partial charge is 0.496 e. The quantitative estimate of drug-likeness (QED) is 0.378. The summed E-state index contributed by atoms with van der Waals surface area (Å²) in [4.78, 5) is 1.86. The molecule has 0 atom stereocenters. The summed E-state index contributed by atoms with van der Waals surface area (Å²) in [6.45, 7) is 5.30. The van der Waals surface area contributed by atoms with Crippen LogP contribution in [0, 0.1) is 6.58 Å². The molecule has 0 spiro atoms. The molecular weight excluding hydrogens is 129 g/mol. The minimum atomic E-state index is 0. The Balaban J connectivity index is 0.000001000. The number of rotatable bonds is 2. The van der Waals surface area contributed by atoms with Crippen molar-refractivity contribution in [3.8, 4) is 0 Å². The Bertz CT molecular complexity index is 208. The van der Waals surface area contributed by atoms with E-state index in [2.05, 4.69) is 0 Å². The molecular formula is C9H10LiN. The van der Waals surface area contributed by atoms with Gasteiger partial charge in [0, 0.05) is 12.7 Å². The normalized spacial score (nSPS) is 8.09. The zero-order valence-corrected chi connectivity index (χ0v) is 6.99. The van der Waals surface area contributed by atoms with Crippen molar-refractivity contribution in [2.45, 2.75) is 0 Å². The van der Waals surface area contributed by atoms with Crippen LogP contribution in [0.5, 0.6) is 0 Å². The minimum absolute atomic E-state index is 0. The van der Waals surface area contributed by atoms with Crippen molar-refractivity contribution in [3.05, 3.63) is 43.1 Å². The Morgan fingerprint density at radius 2 is 1.82 bits per heavy atom. The van der Waals surface area contributed by atoms with E-state index in [4.69, 9.17) is 6.58 Å². The van der Waals surface area contributed by atoms with Gasteiger partial charge in [0.2, 0.25) is 0 Å². The van der Waals surface area contributed by atoms with E-state index in [9.17, 15) is 0 Å². The first-order valence-corrected chi connectivity index (χ1v) is 3.17. The van der Waals surface area contributed by atoms with Crippen LogP contribution in [0.1, 0.15) is 0 Å². The van der Waals surface area contributed by atoms with Gasteiger partial charge in [0.25, 0.3) is 0 Å². The van der Waals surface area contributed by atoms with Gasteiger partial charge in [-0.15, -0.1) is 0 Å². The predicted octanol–water partition coefficient (Wildman–Crippen LogP) is -0.927. The van der Waals surface area contributed by atoms with E-state index in [0.717, 1.165) is 5.69 Å². The van der Waals surface area contributed by atoms with Gasteiger partial charge >= 0.3 is 18.9 Å². The van der Waals surface area contributed by atoms with Crippen molar-refractivity contribution in [2.75, 3.05) is 11.9 Å². The topological polar surface area (TPSA) is 3.24 Å². The van der Waals surface area contributed by atoms with E-state index in [0.29, 0.717) is 0 Å². The Labute approximate surface area is 79.9 Å². The second-order valence-electron chi connectivity index (χ2n) is 2.10. The Morgan fingerprint density at radius 3 is 2.27 bits per heavy atom. The number of hydrogen-bond donors (Lipinski definition) is 0. The number of benzene rings is 1. The maximum Gasteiger partial charge on any atom is 1.00 e. The van der Waals surface area contributed by atoms with Crippen molar-refractivity contribution in [3.63, 3.8) is 0 Å². The van der Waals surface area contributed by atoms with E-state index in [1.165, 1.54) is 6.20 Å². The van der Waals surface area contributed by atoms with E-state index in [1.807, 2.05) is 42.3 Å². The van der Waals surface area contributed by atoms with Gasteiger partial charge in [-0.3, -0.25) is 0 Å². The third-order valence-corrected chi connectivity index (χ3v) is 1.39. The third kappa shape index (κ3) is 2.84. The fourth-order valence-corrected chi connectivity index (χ4v) is 0.749. The van der Waals surface area contributed by atoms with Crippen LogP contribution in [0.3, 0.4) is 0 Å². The standard InChI is InChI=1S/C9H10N.Li/c1-3-10(2)9-7-5-4-6-8-9;/h1,3-8H,2H3;/q-1;+1. The van der Waals surface area contributed by atoms with Crippen molar-refractivity contribution >= 4 is 5.69 Å². The summed E-state index contributed by atoms with van der Waals surface area (Å²) < 4.78 is 0. The molecule has 0 aliphatic carbocycles. The molecule has 0 unspecified atom stereocenters. The fourth-order valence-electron chi connectivity index (χ4n) is 0.749. The first-order chi connectivity index (χ1) is 4.84. The molecule has 2 heteroatoms. The van der Waals surface area contributed by atoms with E-state index in [-0.39, 0.29) is 18.9 Å². The summed E-state index contributed by atoms with van der Waals surface area (Å²) in [5, 5.41) is 0. The van der Waals surface area contributed by atoms with Crippen LogP contribution in [0.25, 0.3) is 0 Å². The number of hydrogen-bond acceptors (Lipinski definition) is 1. The molecule has 0 aromatic heterocycles. The molecule has 0 bridgehead atoms. The minimum Gasteiger partial charge on any atom is -0.496 e. The van der Waals surface area contributed by atoms with Crippen molar-refractivity contribution in [1.82, 2.24) is 0 Å². The van der Waals surface area contributed by atoms with Crippen LogP contribution in [0.15, 0.2) is 36.5 Å². The molecule has 1 aromatic carbocycles. The second-order valence-corrected chi connectivity index (χ2v) is 2.10. The predicted molar refractivity (Wildman–Crippen MR) is 43.7 cm³/mol. The Kier molecular flexibility index (Phi) is 4.77. The van der Waals surface area contributed by atoms with Gasteiger partial charge in [0.05, 0.1) is 0 Å². The maximum absolute atomic E-state index is 5.30. The molecule has 0 radical (unpaired) electrons. The zero-order chi connectivity index (χ0) is 7.40. The molecule has 0 amide bonds. The van der Waals surface area contributed by atoms with Crippen LogP contribution >= 0.6 is 0 Å². The van der Waals surface area contributed by atoms with Gasteiger partial charge in [-0.2, -0.15) is 6.20 Å². The molecule has 0 aliphatic heterocycles. The van der Waals surface area contributed by atoms with Crippen LogP contribution in [-0.4, -0.2) is 7.05 Å².